The molecule has 1 aromatic carbocycles. The highest BCUT2D eigenvalue weighted by atomic mass is 16.3. The zero-order valence-electron chi connectivity index (χ0n) is 10.7. The molecule has 0 fully saturated rings. The minimum Gasteiger partial charge on any atom is -0.388 e. The van der Waals surface area contributed by atoms with Gasteiger partial charge in [0.1, 0.15) is 0 Å². The second kappa shape index (κ2) is 5.28. The van der Waals surface area contributed by atoms with Gasteiger partial charge in [0.05, 0.1) is 6.10 Å². The molecule has 0 radical (unpaired) electrons. The van der Waals surface area contributed by atoms with Crippen LogP contribution in [0.3, 0.4) is 0 Å². The summed E-state index contributed by atoms with van der Waals surface area (Å²) in [5, 5.41) is 9.96. The lowest BCUT2D eigenvalue weighted by Gasteiger charge is -2.25. The second-order valence-corrected chi connectivity index (χ2v) is 5.28. The normalized spacial score (nSPS) is 13.2. The molecule has 0 aliphatic heterocycles. The van der Waals surface area contributed by atoms with Gasteiger partial charge >= 0.3 is 0 Å². The number of hydrogen-bond donors (Lipinski definition) is 1. The van der Waals surface area contributed by atoms with Crippen LogP contribution in [0.2, 0.25) is 0 Å². The van der Waals surface area contributed by atoms with Crippen molar-refractivity contribution in [2.45, 2.75) is 33.3 Å². The molecule has 1 atom stereocenters. The maximum atomic E-state index is 11.9. The lowest BCUT2D eigenvalue weighted by molar-refractivity contribution is 0.0899. The Hall–Kier alpha value is -1.41. The van der Waals surface area contributed by atoms with Gasteiger partial charge in [-0.2, -0.15) is 0 Å². The summed E-state index contributed by atoms with van der Waals surface area (Å²) in [6.45, 7) is 9.80. The van der Waals surface area contributed by atoms with E-state index in [1.165, 1.54) is 0 Å². The van der Waals surface area contributed by atoms with E-state index in [1.807, 2.05) is 39.0 Å². The SMILES string of the molecule is C=C(C(O)CC(=O)c1ccccc1)C(C)(C)C. The minimum atomic E-state index is -0.775. The number of carbonyl (C=O) groups is 1. The van der Waals surface area contributed by atoms with Crippen molar-refractivity contribution < 1.29 is 9.90 Å². The van der Waals surface area contributed by atoms with Crippen LogP contribution in [-0.4, -0.2) is 17.0 Å². The van der Waals surface area contributed by atoms with Crippen molar-refractivity contribution in [3.8, 4) is 0 Å². The van der Waals surface area contributed by atoms with Crippen LogP contribution < -0.4 is 0 Å². The maximum absolute atomic E-state index is 11.9. The second-order valence-electron chi connectivity index (χ2n) is 5.28. The van der Waals surface area contributed by atoms with Crippen LogP contribution in [0.5, 0.6) is 0 Å². The quantitative estimate of drug-likeness (QED) is 0.639. The highest BCUT2D eigenvalue weighted by molar-refractivity contribution is 5.96. The summed E-state index contributed by atoms with van der Waals surface area (Å²) in [5.74, 6) is -0.0523. The topological polar surface area (TPSA) is 37.3 Å². The van der Waals surface area contributed by atoms with E-state index in [4.69, 9.17) is 0 Å². The van der Waals surface area contributed by atoms with Gasteiger partial charge in [-0.15, -0.1) is 0 Å². The highest BCUT2D eigenvalue weighted by Crippen LogP contribution is 2.28. The summed E-state index contributed by atoms with van der Waals surface area (Å²) < 4.78 is 0. The van der Waals surface area contributed by atoms with Crippen LogP contribution in [0.15, 0.2) is 42.5 Å². The van der Waals surface area contributed by atoms with Crippen LogP contribution in [0.25, 0.3) is 0 Å². The molecule has 1 N–H and O–H groups in total. The number of ketones is 1. The van der Waals surface area contributed by atoms with E-state index in [0.717, 1.165) is 0 Å². The summed E-state index contributed by atoms with van der Waals surface area (Å²) in [6.07, 6.45) is -0.678. The van der Waals surface area contributed by atoms with E-state index in [-0.39, 0.29) is 17.6 Å². The molecule has 0 aliphatic carbocycles. The van der Waals surface area contributed by atoms with Crippen LogP contribution in [0.1, 0.15) is 37.6 Å². The molecular formula is C15H20O2. The summed E-state index contributed by atoms with van der Waals surface area (Å²) in [4.78, 5) is 11.9. The Morgan fingerprint density at radius 2 is 1.82 bits per heavy atom. The molecule has 0 spiro atoms. The monoisotopic (exact) mass is 232 g/mol. The number of benzene rings is 1. The molecule has 0 saturated carbocycles. The van der Waals surface area contributed by atoms with Crippen molar-refractivity contribution in [2.24, 2.45) is 5.41 Å². The molecule has 0 bridgehead atoms. The highest BCUT2D eigenvalue weighted by Gasteiger charge is 2.24. The standard InChI is InChI=1S/C15H20O2/c1-11(15(2,3)4)13(16)10-14(17)12-8-6-5-7-9-12/h5-9,13,16H,1,10H2,2-4H3. The number of aliphatic hydroxyl groups is 1. The summed E-state index contributed by atoms with van der Waals surface area (Å²) in [5.41, 5.74) is 1.14. The minimum absolute atomic E-state index is 0.0523. The molecule has 0 saturated heterocycles. The molecule has 92 valence electrons. The van der Waals surface area contributed by atoms with Gasteiger partial charge in [0.25, 0.3) is 0 Å². The Bertz CT molecular complexity index is 399. The number of Topliss-reactive ketones (excluding diaryl/α,β-unsaturated/α-hetero) is 1. The molecule has 0 aromatic heterocycles. The average molecular weight is 232 g/mol. The van der Waals surface area contributed by atoms with Gasteiger partial charge in [-0.05, 0) is 11.0 Å². The first-order valence-corrected chi connectivity index (χ1v) is 5.78. The fraction of sp³-hybridized carbons (Fsp3) is 0.400. The first-order valence-electron chi connectivity index (χ1n) is 5.78. The molecular weight excluding hydrogens is 212 g/mol. The van der Waals surface area contributed by atoms with E-state index in [0.29, 0.717) is 11.1 Å². The third kappa shape index (κ3) is 3.82. The van der Waals surface area contributed by atoms with E-state index >= 15 is 0 Å². The fourth-order valence-corrected chi connectivity index (χ4v) is 1.54. The van der Waals surface area contributed by atoms with Crippen LogP contribution in [0.4, 0.5) is 0 Å². The average Bonchev–Trinajstić information content (AvgIpc) is 2.27. The van der Waals surface area contributed by atoms with Crippen molar-refractivity contribution in [2.75, 3.05) is 0 Å². The van der Waals surface area contributed by atoms with Crippen LogP contribution >= 0.6 is 0 Å². The van der Waals surface area contributed by atoms with Gasteiger partial charge in [-0.1, -0.05) is 57.7 Å². The largest absolute Gasteiger partial charge is 0.388 e. The number of aliphatic hydroxyl groups excluding tert-OH is 1. The Labute approximate surface area is 103 Å². The van der Waals surface area contributed by atoms with Gasteiger partial charge < -0.3 is 5.11 Å². The molecule has 0 heterocycles. The van der Waals surface area contributed by atoms with Crippen molar-refractivity contribution >= 4 is 5.78 Å². The Morgan fingerprint density at radius 1 is 1.29 bits per heavy atom. The molecule has 1 rings (SSSR count). The predicted molar refractivity (Wildman–Crippen MR) is 70.0 cm³/mol. The van der Waals surface area contributed by atoms with Crippen molar-refractivity contribution in [1.82, 2.24) is 0 Å². The Morgan fingerprint density at radius 3 is 2.29 bits per heavy atom. The lowest BCUT2D eigenvalue weighted by atomic mass is 9.82. The number of hydrogen-bond acceptors (Lipinski definition) is 2. The van der Waals surface area contributed by atoms with Gasteiger partial charge in [-0.25, -0.2) is 0 Å². The molecule has 2 heteroatoms. The molecule has 17 heavy (non-hydrogen) atoms. The third-order valence-electron chi connectivity index (χ3n) is 2.84. The first-order chi connectivity index (χ1) is 7.82. The summed E-state index contributed by atoms with van der Waals surface area (Å²) >= 11 is 0. The Balaban J connectivity index is 2.68. The van der Waals surface area contributed by atoms with Gasteiger partial charge in [-0.3, -0.25) is 4.79 Å². The maximum Gasteiger partial charge on any atom is 0.165 e. The number of rotatable bonds is 4. The first kappa shape index (κ1) is 13.7. The van der Waals surface area contributed by atoms with Crippen molar-refractivity contribution in [1.29, 1.82) is 0 Å². The van der Waals surface area contributed by atoms with E-state index in [1.54, 1.807) is 12.1 Å². The van der Waals surface area contributed by atoms with E-state index in [2.05, 4.69) is 6.58 Å². The third-order valence-corrected chi connectivity index (χ3v) is 2.84. The lowest BCUT2D eigenvalue weighted by Crippen LogP contribution is -2.24. The molecule has 2 nitrogen and oxygen atoms in total. The van der Waals surface area contributed by atoms with Gasteiger partial charge in [0.15, 0.2) is 5.78 Å². The van der Waals surface area contributed by atoms with Crippen LogP contribution in [-0.2, 0) is 0 Å². The summed E-state index contributed by atoms with van der Waals surface area (Å²) in [7, 11) is 0. The van der Waals surface area contributed by atoms with Gasteiger partial charge in [0, 0.05) is 12.0 Å². The fourth-order valence-electron chi connectivity index (χ4n) is 1.54. The smallest absolute Gasteiger partial charge is 0.165 e. The van der Waals surface area contributed by atoms with E-state index < -0.39 is 6.10 Å². The van der Waals surface area contributed by atoms with Crippen molar-refractivity contribution in [3.63, 3.8) is 0 Å². The molecule has 1 unspecified atom stereocenters. The molecule has 0 amide bonds. The zero-order chi connectivity index (χ0) is 13.1. The Kier molecular flexibility index (Phi) is 4.24. The van der Waals surface area contributed by atoms with Crippen molar-refractivity contribution in [3.05, 3.63) is 48.0 Å². The van der Waals surface area contributed by atoms with Gasteiger partial charge in [0.2, 0.25) is 0 Å². The van der Waals surface area contributed by atoms with E-state index in [9.17, 15) is 9.90 Å². The number of carbonyl (C=O) groups excluding carboxylic acids is 1. The molecule has 0 aliphatic rings. The molecule has 1 aromatic rings. The predicted octanol–water partition coefficient (Wildman–Crippen LogP) is 3.22. The summed E-state index contributed by atoms with van der Waals surface area (Å²) in [6, 6.07) is 9.02. The van der Waals surface area contributed by atoms with Crippen LogP contribution in [0, 0.1) is 5.41 Å². The zero-order valence-corrected chi connectivity index (χ0v) is 10.7.